The molecule has 0 aromatic carbocycles. The van der Waals surface area contributed by atoms with E-state index >= 15 is 0 Å². The normalized spacial score (nSPS) is 56.9. The second-order valence-electron chi connectivity index (χ2n) is 14.1. The Bertz CT molecular complexity index is 1100. The van der Waals surface area contributed by atoms with Crippen molar-refractivity contribution in [2.45, 2.75) is 104 Å². The van der Waals surface area contributed by atoms with Crippen molar-refractivity contribution < 1.29 is 23.9 Å². The van der Waals surface area contributed by atoms with Gasteiger partial charge in [0.15, 0.2) is 11.5 Å². The van der Waals surface area contributed by atoms with Gasteiger partial charge in [0, 0.05) is 36.6 Å². The van der Waals surface area contributed by atoms with E-state index < -0.39 is 16.6 Å². The molecule has 0 aromatic rings. The summed E-state index contributed by atoms with van der Waals surface area (Å²) in [6.07, 6.45) is 7.78. The molecule has 3 aliphatic carbocycles. The van der Waals surface area contributed by atoms with Crippen molar-refractivity contribution >= 4 is 17.5 Å². The van der Waals surface area contributed by atoms with E-state index in [0.717, 1.165) is 44.2 Å². The van der Waals surface area contributed by atoms with E-state index in [0.29, 0.717) is 18.8 Å². The number of ether oxygens (including phenoxy) is 2. The lowest BCUT2D eigenvalue weighted by Gasteiger charge is -2.76. The minimum Gasteiger partial charge on any atom is -0.443 e. The van der Waals surface area contributed by atoms with Crippen LogP contribution in [0.25, 0.3) is 0 Å². The maximum absolute atomic E-state index is 14.0. The van der Waals surface area contributed by atoms with E-state index in [2.05, 4.69) is 32.6 Å². The molecule has 4 aliphatic heterocycles. The van der Waals surface area contributed by atoms with Crippen molar-refractivity contribution in [2.24, 2.45) is 39.9 Å². The van der Waals surface area contributed by atoms with Gasteiger partial charge in [-0.15, -0.1) is 0 Å². The van der Waals surface area contributed by atoms with E-state index in [1.165, 1.54) is 0 Å². The third-order valence-corrected chi connectivity index (χ3v) is 12.3. The highest BCUT2D eigenvalue weighted by Gasteiger charge is 2.82. The van der Waals surface area contributed by atoms with Crippen molar-refractivity contribution in [1.82, 2.24) is 4.90 Å². The van der Waals surface area contributed by atoms with Crippen LogP contribution in [0.1, 0.15) is 86.0 Å². The molecule has 6 heteroatoms. The Morgan fingerprint density at radius 3 is 2.63 bits per heavy atom. The Morgan fingerprint density at radius 1 is 1.09 bits per heavy atom. The minimum atomic E-state index is -0.806. The predicted octanol–water partition coefficient (Wildman–Crippen LogP) is 4.41. The fourth-order valence-electron chi connectivity index (χ4n) is 11.0. The maximum Gasteiger partial charge on any atom is 0.308 e. The molecule has 7 rings (SSSR count). The maximum atomic E-state index is 14.0. The van der Waals surface area contributed by atoms with E-state index in [1.54, 1.807) is 6.08 Å². The Kier molecular flexibility index (Phi) is 4.19. The molecule has 10 unspecified atom stereocenters. The summed E-state index contributed by atoms with van der Waals surface area (Å²) < 4.78 is 13.4. The van der Waals surface area contributed by atoms with Gasteiger partial charge in [0.05, 0.1) is 12.5 Å². The summed E-state index contributed by atoms with van der Waals surface area (Å²) in [5, 5.41) is 0. The summed E-state index contributed by atoms with van der Waals surface area (Å²) in [7, 11) is 0. The standard InChI is InChI=1S/C29H39NO5/c1-16-9-20-19(21(31)10-16)11-22(32)24-25(20,3)15-29-27(5,26(24,4)13-23(33)35-29)6-7-28-12-17(2)8-18(34-28)14-30(28)29/h10,17-20,24H,6-9,11-15H2,1-5H3. The van der Waals surface area contributed by atoms with Gasteiger partial charge in [0.2, 0.25) is 0 Å². The first-order chi connectivity index (χ1) is 16.4. The summed E-state index contributed by atoms with van der Waals surface area (Å²) in [4.78, 5) is 43.1. The van der Waals surface area contributed by atoms with Crippen LogP contribution in [0.2, 0.25) is 0 Å². The van der Waals surface area contributed by atoms with Crippen LogP contribution >= 0.6 is 0 Å². The zero-order chi connectivity index (χ0) is 24.8. The first-order valence-corrected chi connectivity index (χ1v) is 13.8. The van der Waals surface area contributed by atoms with Gasteiger partial charge in [-0.3, -0.25) is 14.4 Å². The number of ketones is 2. The lowest BCUT2D eigenvalue weighted by Crippen LogP contribution is -2.82. The highest BCUT2D eigenvalue weighted by Crippen LogP contribution is 2.77. The highest BCUT2D eigenvalue weighted by atomic mass is 16.6. The van der Waals surface area contributed by atoms with Crippen LogP contribution in [0, 0.1) is 39.9 Å². The van der Waals surface area contributed by atoms with Crippen molar-refractivity contribution in [3.05, 3.63) is 11.6 Å². The van der Waals surface area contributed by atoms with Gasteiger partial charge in [-0.1, -0.05) is 33.3 Å². The predicted molar refractivity (Wildman–Crippen MR) is 128 cm³/mol. The molecule has 0 amide bonds. The number of Topliss-reactive ketones (excluding diaryl/α,β-unsaturated/α-hetero) is 1. The van der Waals surface area contributed by atoms with Gasteiger partial charge in [-0.05, 0) is 67.8 Å². The fraction of sp³-hybridized carbons (Fsp3) is 0.828. The zero-order valence-corrected chi connectivity index (χ0v) is 21.8. The second-order valence-corrected chi connectivity index (χ2v) is 14.1. The molecule has 4 bridgehead atoms. The Hall–Kier alpha value is -1.53. The van der Waals surface area contributed by atoms with Gasteiger partial charge < -0.3 is 9.47 Å². The molecule has 6 nitrogen and oxygen atoms in total. The topological polar surface area (TPSA) is 72.9 Å². The third kappa shape index (κ3) is 2.43. The molecule has 0 N–H and O–H groups in total. The van der Waals surface area contributed by atoms with E-state index in [-0.39, 0.29) is 59.0 Å². The molecule has 6 fully saturated rings. The average Bonchev–Trinajstić information content (AvgIpc) is 3.01. The summed E-state index contributed by atoms with van der Waals surface area (Å²) in [5.74, 6) is 0.300. The summed E-state index contributed by atoms with van der Waals surface area (Å²) >= 11 is 0. The number of rotatable bonds is 0. The van der Waals surface area contributed by atoms with Gasteiger partial charge in [-0.2, -0.15) is 0 Å². The van der Waals surface area contributed by atoms with Crippen LogP contribution in [0.5, 0.6) is 0 Å². The van der Waals surface area contributed by atoms with Crippen molar-refractivity contribution in [1.29, 1.82) is 0 Å². The molecule has 10 atom stereocenters. The number of fused-ring (bicyclic) bond motifs is 5. The molecule has 190 valence electrons. The van der Waals surface area contributed by atoms with Crippen LogP contribution in [0.3, 0.4) is 0 Å². The molecule has 4 heterocycles. The third-order valence-electron chi connectivity index (χ3n) is 12.3. The molecule has 7 aliphatic rings. The largest absolute Gasteiger partial charge is 0.443 e. The van der Waals surface area contributed by atoms with Crippen molar-refractivity contribution in [2.75, 3.05) is 6.54 Å². The number of esters is 1. The van der Waals surface area contributed by atoms with Crippen LogP contribution in [-0.4, -0.2) is 46.5 Å². The SMILES string of the molecule is CC1=CC(=O)C2CC(=O)C3C(C)(CC45OC(=O)CC3(C)C4(C)CCC34CC(C)CC(CN35)O4)C2C1. The Morgan fingerprint density at radius 2 is 1.86 bits per heavy atom. The smallest absolute Gasteiger partial charge is 0.308 e. The van der Waals surface area contributed by atoms with Crippen LogP contribution in [0.4, 0.5) is 0 Å². The molecular formula is C29H39NO5. The molecule has 0 radical (unpaired) electrons. The van der Waals surface area contributed by atoms with Crippen LogP contribution in [0.15, 0.2) is 11.6 Å². The van der Waals surface area contributed by atoms with E-state index in [1.807, 2.05) is 6.92 Å². The first-order valence-electron chi connectivity index (χ1n) is 13.8. The molecule has 0 aromatic heterocycles. The minimum absolute atomic E-state index is 0.0972. The number of hydrogen-bond donors (Lipinski definition) is 0. The molecular weight excluding hydrogens is 442 g/mol. The number of allylic oxidation sites excluding steroid dienone is 2. The van der Waals surface area contributed by atoms with Gasteiger partial charge in [0.25, 0.3) is 0 Å². The molecule has 4 saturated heterocycles. The Balaban J connectivity index is 1.44. The average molecular weight is 482 g/mol. The number of hydrogen-bond acceptors (Lipinski definition) is 6. The Labute approximate surface area is 208 Å². The lowest BCUT2D eigenvalue weighted by molar-refractivity contribution is -0.379. The number of piperidine rings is 1. The first kappa shape index (κ1) is 22.7. The summed E-state index contributed by atoms with van der Waals surface area (Å²) in [5.41, 5.74) is -1.36. The van der Waals surface area contributed by atoms with Gasteiger partial charge in [0.1, 0.15) is 11.5 Å². The fourth-order valence-corrected chi connectivity index (χ4v) is 11.0. The summed E-state index contributed by atoms with van der Waals surface area (Å²) in [6, 6.07) is 0. The number of carbonyl (C=O) groups excluding carboxylic acids is 3. The second kappa shape index (κ2) is 6.48. The van der Waals surface area contributed by atoms with E-state index in [4.69, 9.17) is 9.47 Å². The number of carbonyl (C=O) groups is 3. The quantitative estimate of drug-likeness (QED) is 0.477. The van der Waals surface area contributed by atoms with E-state index in [9.17, 15) is 14.4 Å². The zero-order valence-electron chi connectivity index (χ0n) is 21.8. The van der Waals surface area contributed by atoms with Crippen molar-refractivity contribution in [3.8, 4) is 0 Å². The summed E-state index contributed by atoms with van der Waals surface area (Å²) in [6.45, 7) is 11.9. The molecule has 1 spiro atoms. The van der Waals surface area contributed by atoms with Crippen LogP contribution in [-0.2, 0) is 23.9 Å². The van der Waals surface area contributed by atoms with Gasteiger partial charge >= 0.3 is 5.97 Å². The molecule has 2 saturated carbocycles. The molecule has 35 heavy (non-hydrogen) atoms. The van der Waals surface area contributed by atoms with Gasteiger partial charge in [-0.25, -0.2) is 4.90 Å². The number of nitrogens with zero attached hydrogens (tertiary/aromatic N) is 1. The van der Waals surface area contributed by atoms with Crippen LogP contribution < -0.4 is 0 Å². The lowest BCUT2D eigenvalue weighted by atomic mass is 9.34. The monoisotopic (exact) mass is 481 g/mol. The highest BCUT2D eigenvalue weighted by molar-refractivity contribution is 5.99. The van der Waals surface area contributed by atoms with Crippen molar-refractivity contribution in [3.63, 3.8) is 0 Å².